The number of nitrogens with two attached hydrogens (primary N) is 1. The molecule has 0 saturated heterocycles. The molecule has 6 heteroatoms. The Labute approximate surface area is 164 Å². The van der Waals surface area contributed by atoms with Crippen LogP contribution < -0.4 is 22.7 Å². The van der Waals surface area contributed by atoms with Gasteiger partial charge in [-0.3, -0.25) is 5.73 Å². The first-order valence-corrected chi connectivity index (χ1v) is 8.67. The lowest BCUT2D eigenvalue weighted by Crippen LogP contribution is -3.00. The Morgan fingerprint density at radius 2 is 1.81 bits per heavy atom. The summed E-state index contributed by atoms with van der Waals surface area (Å²) in [7, 11) is 0. The number of rotatable bonds is 5. The molecule has 0 radical (unpaired) electrons. The number of halogens is 1. The van der Waals surface area contributed by atoms with Gasteiger partial charge in [0.1, 0.15) is 29.4 Å². The lowest BCUT2D eigenvalue weighted by atomic mass is 10.1. The van der Waals surface area contributed by atoms with Gasteiger partial charge >= 0.3 is 5.95 Å². The summed E-state index contributed by atoms with van der Waals surface area (Å²) in [5.74, 6) is 1.14. The third-order valence-electron chi connectivity index (χ3n) is 4.70. The molecular weight excluding hydrogens is 362 g/mol. The second-order valence-electron chi connectivity index (χ2n) is 6.56. The molecule has 0 aliphatic rings. The number of anilines is 1. The van der Waals surface area contributed by atoms with E-state index >= 15 is 0 Å². The largest absolute Gasteiger partial charge is 1.00 e. The van der Waals surface area contributed by atoms with Crippen molar-refractivity contribution in [2.24, 2.45) is 0 Å². The Morgan fingerprint density at radius 1 is 1.07 bits per heavy atom. The molecule has 1 atom stereocenters. The molecule has 2 aromatic heterocycles. The average molecular weight is 384 g/mol. The summed E-state index contributed by atoms with van der Waals surface area (Å²) >= 11 is 0. The smallest absolute Gasteiger partial charge is 0.356 e. The minimum atomic E-state index is -0.754. The van der Waals surface area contributed by atoms with E-state index in [1.54, 1.807) is 18.4 Å². The number of hydrogen-bond acceptors (Lipinski definition) is 3. The van der Waals surface area contributed by atoms with Gasteiger partial charge < -0.3 is 21.9 Å². The van der Waals surface area contributed by atoms with E-state index in [9.17, 15) is 5.11 Å². The van der Waals surface area contributed by atoms with E-state index in [2.05, 4.69) is 41.8 Å². The van der Waals surface area contributed by atoms with Crippen molar-refractivity contribution in [3.8, 4) is 0 Å². The Morgan fingerprint density at radius 3 is 2.52 bits per heavy atom. The van der Waals surface area contributed by atoms with Crippen LogP contribution in [-0.4, -0.2) is 9.67 Å². The topological polar surface area (TPSA) is 68.2 Å². The van der Waals surface area contributed by atoms with E-state index < -0.39 is 6.10 Å². The van der Waals surface area contributed by atoms with Gasteiger partial charge in [0.15, 0.2) is 0 Å². The molecule has 3 N–H and O–H groups in total. The zero-order chi connectivity index (χ0) is 18.1. The Hall–Kier alpha value is -2.76. The molecule has 0 amide bonds. The van der Waals surface area contributed by atoms with E-state index in [1.807, 2.05) is 22.8 Å². The summed E-state index contributed by atoms with van der Waals surface area (Å²) in [5.41, 5.74) is 10.9. The van der Waals surface area contributed by atoms with Crippen LogP contribution in [0.15, 0.2) is 71.3 Å². The minimum Gasteiger partial charge on any atom is -1.00 e. The highest BCUT2D eigenvalue weighted by Gasteiger charge is 2.24. The normalized spacial score (nSPS) is 12.1. The lowest BCUT2D eigenvalue weighted by Gasteiger charge is -2.07. The molecule has 0 aliphatic heterocycles. The maximum atomic E-state index is 10.5. The molecule has 0 bridgehead atoms. The van der Waals surface area contributed by atoms with E-state index in [0.717, 1.165) is 11.0 Å². The fourth-order valence-electron chi connectivity index (χ4n) is 3.29. The minimum absolute atomic E-state index is 0. The van der Waals surface area contributed by atoms with Gasteiger partial charge in [-0.15, -0.1) is 0 Å². The number of furan rings is 1. The molecule has 27 heavy (non-hydrogen) atoms. The predicted molar refractivity (Wildman–Crippen MR) is 100 cm³/mol. The standard InChI is InChI=1S/C21H21N3O2.ClH/c1-15-8-10-16(11-9-15)13-23-17-5-2-3-6-18(17)24(21(23)22)14-19(25)20-7-4-12-26-20;/h2-12,19,22,25H,13-14H2,1H3;1H. The molecular formula is C21H22ClN3O2. The average Bonchev–Trinajstić information content (AvgIpc) is 3.27. The highest BCUT2D eigenvalue weighted by atomic mass is 35.5. The number of fused-ring (bicyclic) bond motifs is 1. The van der Waals surface area contributed by atoms with Gasteiger partial charge in [0, 0.05) is 0 Å². The maximum Gasteiger partial charge on any atom is 0.356 e. The molecule has 0 fully saturated rings. The fourth-order valence-corrected chi connectivity index (χ4v) is 3.29. The Kier molecular flexibility index (Phi) is 5.54. The van der Waals surface area contributed by atoms with E-state index in [1.165, 1.54) is 11.1 Å². The highest BCUT2D eigenvalue weighted by Crippen LogP contribution is 2.22. The zero-order valence-corrected chi connectivity index (χ0v) is 15.8. The van der Waals surface area contributed by atoms with Crippen LogP contribution >= 0.6 is 0 Å². The molecule has 4 rings (SSSR count). The van der Waals surface area contributed by atoms with Crippen LogP contribution in [0, 0.1) is 6.92 Å². The maximum absolute atomic E-state index is 10.5. The van der Waals surface area contributed by atoms with Crippen LogP contribution in [0.4, 0.5) is 5.95 Å². The second-order valence-corrected chi connectivity index (χ2v) is 6.56. The number of aliphatic hydroxyl groups excluding tert-OH is 1. The molecule has 2 heterocycles. The first-order valence-electron chi connectivity index (χ1n) is 8.67. The SMILES string of the molecule is Cc1ccc(C[n+]2c(N)n(CC(O)c3ccco3)c3ccccc32)cc1.[Cl-]. The van der Waals surface area contributed by atoms with Gasteiger partial charge in [-0.1, -0.05) is 42.0 Å². The van der Waals surface area contributed by atoms with Crippen molar-refractivity contribution in [2.75, 3.05) is 5.73 Å². The van der Waals surface area contributed by atoms with Gasteiger partial charge in [0.05, 0.1) is 12.8 Å². The number of para-hydroxylation sites is 2. The summed E-state index contributed by atoms with van der Waals surface area (Å²) in [6, 6.07) is 20.0. The van der Waals surface area contributed by atoms with Gasteiger partial charge in [0.25, 0.3) is 0 Å². The van der Waals surface area contributed by atoms with Gasteiger partial charge in [-0.25, -0.2) is 9.13 Å². The molecule has 0 aliphatic carbocycles. The number of aryl methyl sites for hydroxylation is 1. The number of aliphatic hydroxyl groups is 1. The van der Waals surface area contributed by atoms with Crippen LogP contribution in [-0.2, 0) is 13.1 Å². The molecule has 1 unspecified atom stereocenters. The first-order chi connectivity index (χ1) is 12.6. The summed E-state index contributed by atoms with van der Waals surface area (Å²) in [4.78, 5) is 0. The first kappa shape index (κ1) is 19.0. The quantitative estimate of drug-likeness (QED) is 0.484. The van der Waals surface area contributed by atoms with E-state index in [4.69, 9.17) is 10.2 Å². The third kappa shape index (κ3) is 3.70. The number of benzene rings is 2. The summed E-state index contributed by atoms with van der Waals surface area (Å²) in [6.07, 6.45) is 0.809. The van der Waals surface area contributed by atoms with Crippen LogP contribution in [0.25, 0.3) is 11.0 Å². The lowest BCUT2D eigenvalue weighted by molar-refractivity contribution is -0.648. The van der Waals surface area contributed by atoms with Crippen LogP contribution in [0.1, 0.15) is 23.0 Å². The number of hydrogen-bond donors (Lipinski definition) is 2. The molecule has 2 aromatic carbocycles. The zero-order valence-electron chi connectivity index (χ0n) is 15.0. The number of aromatic nitrogens is 2. The molecule has 140 valence electrons. The molecule has 0 saturated carbocycles. The Balaban J connectivity index is 0.00000210. The van der Waals surface area contributed by atoms with Crippen molar-refractivity contribution in [2.45, 2.75) is 26.1 Å². The van der Waals surface area contributed by atoms with Crippen molar-refractivity contribution in [3.63, 3.8) is 0 Å². The van der Waals surface area contributed by atoms with Gasteiger partial charge in [0.2, 0.25) is 0 Å². The van der Waals surface area contributed by atoms with Crippen molar-refractivity contribution >= 4 is 17.0 Å². The highest BCUT2D eigenvalue weighted by molar-refractivity contribution is 5.74. The van der Waals surface area contributed by atoms with Crippen molar-refractivity contribution < 1.29 is 26.5 Å². The monoisotopic (exact) mass is 383 g/mol. The number of nitrogen functional groups attached to an aromatic ring is 1. The van der Waals surface area contributed by atoms with Gasteiger partial charge in [-0.2, -0.15) is 0 Å². The molecule has 0 spiro atoms. The van der Waals surface area contributed by atoms with Crippen LogP contribution in [0.5, 0.6) is 0 Å². The Bertz CT molecular complexity index is 1020. The number of nitrogens with zero attached hydrogens (tertiary/aromatic N) is 2. The summed E-state index contributed by atoms with van der Waals surface area (Å²) in [5, 5.41) is 10.5. The van der Waals surface area contributed by atoms with E-state index in [-0.39, 0.29) is 12.4 Å². The molecule has 5 nitrogen and oxygen atoms in total. The van der Waals surface area contributed by atoms with Crippen molar-refractivity contribution in [3.05, 3.63) is 83.8 Å². The predicted octanol–water partition coefficient (Wildman–Crippen LogP) is 0.198. The summed E-state index contributed by atoms with van der Waals surface area (Å²) in [6.45, 7) is 3.09. The fraction of sp³-hybridized carbons (Fsp3) is 0.190. The van der Waals surface area contributed by atoms with Gasteiger partial charge in [-0.05, 0) is 36.8 Å². The second kappa shape index (κ2) is 7.86. The van der Waals surface area contributed by atoms with E-state index in [0.29, 0.717) is 24.8 Å². The number of imidazole rings is 1. The summed E-state index contributed by atoms with van der Waals surface area (Å²) < 4.78 is 9.34. The van der Waals surface area contributed by atoms with Crippen LogP contribution in [0.2, 0.25) is 0 Å². The molecule has 4 aromatic rings. The van der Waals surface area contributed by atoms with Crippen LogP contribution in [0.3, 0.4) is 0 Å². The van der Waals surface area contributed by atoms with Crippen molar-refractivity contribution in [1.82, 2.24) is 4.57 Å². The van der Waals surface area contributed by atoms with Crippen molar-refractivity contribution in [1.29, 1.82) is 0 Å². The third-order valence-corrected chi connectivity index (χ3v) is 4.70.